The van der Waals surface area contributed by atoms with Crippen LogP contribution in [-0.2, 0) is 10.0 Å². The largest absolute Gasteiger partial charge is 0.396 e. The lowest BCUT2D eigenvalue weighted by molar-refractivity contribution is 0.265. The molecule has 0 spiro atoms. The van der Waals surface area contributed by atoms with E-state index in [2.05, 4.69) is 9.82 Å². The second-order valence-electron chi connectivity index (χ2n) is 6.03. The number of sulfonamides is 1. The van der Waals surface area contributed by atoms with E-state index in [0.717, 1.165) is 24.1 Å². The summed E-state index contributed by atoms with van der Waals surface area (Å²) in [4.78, 5) is 0.140. The molecule has 7 heteroatoms. The Labute approximate surface area is 136 Å². The van der Waals surface area contributed by atoms with Crippen molar-refractivity contribution in [3.05, 3.63) is 42.2 Å². The zero-order chi connectivity index (χ0) is 16.4. The maximum absolute atomic E-state index is 12.5. The van der Waals surface area contributed by atoms with Crippen LogP contribution in [0.15, 0.2) is 41.6 Å². The van der Waals surface area contributed by atoms with E-state index in [-0.39, 0.29) is 17.5 Å². The van der Waals surface area contributed by atoms with Crippen LogP contribution < -0.4 is 4.72 Å². The molecule has 0 amide bonds. The van der Waals surface area contributed by atoms with Crippen molar-refractivity contribution in [1.29, 1.82) is 0 Å². The molecule has 1 heterocycles. The first-order valence-corrected chi connectivity index (χ1v) is 9.23. The van der Waals surface area contributed by atoms with E-state index in [1.54, 1.807) is 4.68 Å². The van der Waals surface area contributed by atoms with Crippen molar-refractivity contribution < 1.29 is 13.5 Å². The van der Waals surface area contributed by atoms with E-state index < -0.39 is 10.0 Å². The summed E-state index contributed by atoms with van der Waals surface area (Å²) in [5.41, 5.74) is 1.94. The van der Waals surface area contributed by atoms with Crippen molar-refractivity contribution in [2.24, 2.45) is 5.92 Å². The van der Waals surface area contributed by atoms with Crippen LogP contribution in [0.4, 0.5) is 0 Å². The SMILES string of the molecule is Cc1ccc(-n2cc(S(=O)(=O)NC(CCO)C3CC3)cn2)cc1. The van der Waals surface area contributed by atoms with Gasteiger partial charge < -0.3 is 5.11 Å². The lowest BCUT2D eigenvalue weighted by Crippen LogP contribution is -2.37. The molecule has 3 rings (SSSR count). The van der Waals surface area contributed by atoms with Gasteiger partial charge >= 0.3 is 0 Å². The van der Waals surface area contributed by atoms with Crippen LogP contribution in [0.25, 0.3) is 5.69 Å². The van der Waals surface area contributed by atoms with Gasteiger partial charge in [0.2, 0.25) is 10.0 Å². The molecule has 1 saturated carbocycles. The topological polar surface area (TPSA) is 84.2 Å². The van der Waals surface area contributed by atoms with Crippen molar-refractivity contribution >= 4 is 10.0 Å². The molecular formula is C16H21N3O3S. The van der Waals surface area contributed by atoms with Gasteiger partial charge in [0.15, 0.2) is 0 Å². The van der Waals surface area contributed by atoms with E-state index in [0.29, 0.717) is 12.3 Å². The van der Waals surface area contributed by atoms with Crippen LogP contribution in [0.1, 0.15) is 24.8 Å². The van der Waals surface area contributed by atoms with E-state index in [1.807, 2.05) is 31.2 Å². The van der Waals surface area contributed by atoms with Gasteiger partial charge in [-0.2, -0.15) is 5.10 Å². The first-order valence-electron chi connectivity index (χ1n) is 7.74. The molecule has 23 heavy (non-hydrogen) atoms. The smallest absolute Gasteiger partial charge is 0.243 e. The number of nitrogens with one attached hydrogen (secondary N) is 1. The van der Waals surface area contributed by atoms with Gasteiger partial charge in [0.25, 0.3) is 0 Å². The summed E-state index contributed by atoms with van der Waals surface area (Å²) in [7, 11) is -3.63. The highest BCUT2D eigenvalue weighted by atomic mass is 32.2. The average molecular weight is 335 g/mol. The number of aryl methyl sites for hydroxylation is 1. The third kappa shape index (κ3) is 3.80. The highest BCUT2D eigenvalue weighted by molar-refractivity contribution is 7.89. The van der Waals surface area contributed by atoms with Gasteiger partial charge in [-0.05, 0) is 44.2 Å². The predicted molar refractivity (Wildman–Crippen MR) is 86.8 cm³/mol. The Bertz CT molecular complexity index is 764. The monoisotopic (exact) mass is 335 g/mol. The Hall–Kier alpha value is -1.70. The summed E-state index contributed by atoms with van der Waals surface area (Å²) >= 11 is 0. The molecule has 1 unspecified atom stereocenters. The molecule has 0 aliphatic heterocycles. The summed E-state index contributed by atoms with van der Waals surface area (Å²) in [6, 6.07) is 7.49. The Morgan fingerprint density at radius 3 is 2.65 bits per heavy atom. The Kier molecular flexibility index (Phi) is 4.52. The van der Waals surface area contributed by atoms with Crippen LogP contribution in [0.5, 0.6) is 0 Å². The fourth-order valence-electron chi connectivity index (χ4n) is 2.58. The van der Waals surface area contributed by atoms with E-state index in [9.17, 15) is 8.42 Å². The first-order chi connectivity index (χ1) is 11.0. The number of aliphatic hydroxyl groups excluding tert-OH is 1. The van der Waals surface area contributed by atoms with E-state index in [1.165, 1.54) is 12.4 Å². The standard InChI is InChI=1S/C16H21N3O3S/c1-12-2-6-14(7-3-12)19-11-15(10-17-19)23(21,22)18-16(8-9-20)13-4-5-13/h2-3,6-7,10-11,13,16,18,20H,4-5,8-9H2,1H3. The molecule has 1 aliphatic carbocycles. The van der Waals surface area contributed by atoms with Crippen molar-refractivity contribution in [2.75, 3.05) is 6.61 Å². The highest BCUT2D eigenvalue weighted by Gasteiger charge is 2.34. The number of aliphatic hydroxyl groups is 1. The van der Waals surface area contributed by atoms with E-state index in [4.69, 9.17) is 5.11 Å². The van der Waals surface area contributed by atoms with Crippen molar-refractivity contribution in [1.82, 2.24) is 14.5 Å². The molecule has 1 aliphatic rings. The second kappa shape index (κ2) is 6.43. The summed E-state index contributed by atoms with van der Waals surface area (Å²) in [6.07, 6.45) is 5.32. The first kappa shape index (κ1) is 16.2. The summed E-state index contributed by atoms with van der Waals surface area (Å²) in [5, 5.41) is 13.2. The van der Waals surface area contributed by atoms with Gasteiger partial charge in [-0.25, -0.2) is 17.8 Å². The predicted octanol–water partition coefficient (Wildman–Crippen LogP) is 1.62. The second-order valence-corrected chi connectivity index (χ2v) is 7.75. The van der Waals surface area contributed by atoms with Gasteiger partial charge in [0, 0.05) is 12.6 Å². The van der Waals surface area contributed by atoms with Crippen LogP contribution in [-0.4, -0.2) is 36.0 Å². The molecule has 1 aromatic heterocycles. The van der Waals surface area contributed by atoms with Crippen LogP contribution >= 0.6 is 0 Å². The third-order valence-corrected chi connectivity index (χ3v) is 5.55. The van der Waals surface area contributed by atoms with Gasteiger partial charge in [0.1, 0.15) is 4.90 Å². The minimum atomic E-state index is -3.63. The number of rotatable bonds is 7. The van der Waals surface area contributed by atoms with Gasteiger partial charge in [0.05, 0.1) is 18.1 Å². The third-order valence-electron chi connectivity index (χ3n) is 4.11. The lowest BCUT2D eigenvalue weighted by Gasteiger charge is -2.16. The molecule has 124 valence electrons. The Morgan fingerprint density at radius 1 is 1.35 bits per heavy atom. The van der Waals surface area contributed by atoms with E-state index >= 15 is 0 Å². The molecule has 0 bridgehead atoms. The maximum atomic E-state index is 12.5. The fraction of sp³-hybridized carbons (Fsp3) is 0.438. The average Bonchev–Trinajstić information content (AvgIpc) is 3.24. The zero-order valence-electron chi connectivity index (χ0n) is 13.0. The minimum Gasteiger partial charge on any atom is -0.396 e. The summed E-state index contributed by atoms with van der Waals surface area (Å²) in [5.74, 6) is 0.337. The zero-order valence-corrected chi connectivity index (χ0v) is 13.8. The van der Waals surface area contributed by atoms with Crippen molar-refractivity contribution in [2.45, 2.75) is 37.1 Å². The molecule has 1 atom stereocenters. The normalized spacial score (nSPS) is 16.4. The molecule has 6 nitrogen and oxygen atoms in total. The number of hydrogen-bond acceptors (Lipinski definition) is 4. The van der Waals surface area contributed by atoms with Gasteiger partial charge in [-0.3, -0.25) is 0 Å². The molecule has 2 aromatic rings. The molecule has 1 aromatic carbocycles. The Morgan fingerprint density at radius 2 is 2.04 bits per heavy atom. The van der Waals surface area contributed by atoms with Crippen molar-refractivity contribution in [3.63, 3.8) is 0 Å². The number of benzene rings is 1. The fourth-order valence-corrected chi connectivity index (χ4v) is 3.85. The summed E-state index contributed by atoms with van der Waals surface area (Å²) in [6.45, 7) is 1.97. The molecule has 2 N–H and O–H groups in total. The lowest BCUT2D eigenvalue weighted by atomic mass is 10.1. The number of hydrogen-bond donors (Lipinski definition) is 2. The maximum Gasteiger partial charge on any atom is 0.243 e. The molecule has 0 radical (unpaired) electrons. The van der Waals surface area contributed by atoms with Crippen LogP contribution in [0.2, 0.25) is 0 Å². The number of nitrogens with zero attached hydrogens (tertiary/aromatic N) is 2. The molecular weight excluding hydrogens is 314 g/mol. The quantitative estimate of drug-likeness (QED) is 0.805. The minimum absolute atomic E-state index is 0.0215. The van der Waals surface area contributed by atoms with Crippen molar-refractivity contribution in [3.8, 4) is 5.69 Å². The Balaban J connectivity index is 1.79. The number of aromatic nitrogens is 2. The van der Waals surface area contributed by atoms with Crippen LogP contribution in [0, 0.1) is 12.8 Å². The van der Waals surface area contributed by atoms with Crippen LogP contribution in [0.3, 0.4) is 0 Å². The highest BCUT2D eigenvalue weighted by Crippen LogP contribution is 2.34. The summed E-state index contributed by atoms with van der Waals surface area (Å²) < 4.78 is 29.3. The molecule has 1 fully saturated rings. The van der Waals surface area contributed by atoms with Gasteiger partial charge in [-0.15, -0.1) is 0 Å². The van der Waals surface area contributed by atoms with Gasteiger partial charge in [-0.1, -0.05) is 17.7 Å². The molecule has 0 saturated heterocycles.